The average Bonchev–Trinajstić information content (AvgIpc) is 2.47. The minimum absolute atomic E-state index is 0.222. The van der Waals surface area contributed by atoms with Gasteiger partial charge in [0.2, 0.25) is 0 Å². The molecule has 0 aliphatic carbocycles. The van der Waals surface area contributed by atoms with Crippen LogP contribution < -0.4 is 10.1 Å². The van der Waals surface area contributed by atoms with Gasteiger partial charge < -0.3 is 15.2 Å². The van der Waals surface area contributed by atoms with Crippen LogP contribution in [0.15, 0.2) is 24.4 Å². The molecule has 0 aliphatic heterocycles. The Morgan fingerprint density at radius 3 is 3.10 bits per heavy atom. The first-order valence-electron chi connectivity index (χ1n) is 6.87. The molecular weight excluding hydrogens is 403 g/mol. The molecule has 1 atom stereocenters. The van der Waals surface area contributed by atoms with Gasteiger partial charge in [-0.3, -0.25) is 4.98 Å². The van der Waals surface area contributed by atoms with E-state index in [0.717, 1.165) is 27.4 Å². The third kappa shape index (κ3) is 4.42. The minimum Gasteiger partial charge on any atom is -0.487 e. The highest BCUT2D eigenvalue weighted by molar-refractivity contribution is 14.1. The highest BCUT2D eigenvalue weighted by Gasteiger charge is 2.13. The molecular formula is C15H18ClIN2O2. The lowest BCUT2D eigenvalue weighted by molar-refractivity contribution is 0.107. The van der Waals surface area contributed by atoms with Crippen molar-refractivity contribution < 1.29 is 9.84 Å². The summed E-state index contributed by atoms with van der Waals surface area (Å²) in [5.74, 6) is 0.671. The Kier molecular flexibility index (Phi) is 6.47. The number of hydrogen-bond acceptors (Lipinski definition) is 4. The lowest BCUT2D eigenvalue weighted by Crippen LogP contribution is -2.31. The molecule has 1 heterocycles. The van der Waals surface area contributed by atoms with E-state index < -0.39 is 6.10 Å². The predicted molar refractivity (Wildman–Crippen MR) is 94.1 cm³/mol. The average molecular weight is 421 g/mol. The number of nitrogens with zero attached hydrogens (tertiary/aromatic N) is 1. The van der Waals surface area contributed by atoms with Crippen molar-refractivity contribution >= 4 is 45.1 Å². The SMILES string of the molecule is CCCNCC(O)COc1c(I)cc(Cl)c2cccnc12. The Labute approximate surface area is 143 Å². The van der Waals surface area contributed by atoms with Crippen LogP contribution in [0.4, 0.5) is 0 Å². The van der Waals surface area contributed by atoms with Crippen molar-refractivity contribution in [1.29, 1.82) is 0 Å². The van der Waals surface area contributed by atoms with E-state index in [4.69, 9.17) is 16.3 Å². The van der Waals surface area contributed by atoms with E-state index in [2.05, 4.69) is 39.8 Å². The van der Waals surface area contributed by atoms with Crippen molar-refractivity contribution in [2.45, 2.75) is 19.4 Å². The van der Waals surface area contributed by atoms with Gasteiger partial charge >= 0.3 is 0 Å². The predicted octanol–water partition coefficient (Wildman–Crippen LogP) is 3.23. The zero-order valence-electron chi connectivity index (χ0n) is 11.8. The summed E-state index contributed by atoms with van der Waals surface area (Å²) >= 11 is 8.39. The van der Waals surface area contributed by atoms with Crippen LogP contribution in [-0.4, -0.2) is 35.9 Å². The van der Waals surface area contributed by atoms with Crippen molar-refractivity contribution in [2.24, 2.45) is 0 Å². The first kappa shape index (κ1) is 16.7. The first-order chi connectivity index (χ1) is 10.1. The molecule has 0 radical (unpaired) electrons. The minimum atomic E-state index is -0.554. The fourth-order valence-electron chi connectivity index (χ4n) is 1.97. The van der Waals surface area contributed by atoms with Crippen LogP contribution >= 0.6 is 34.2 Å². The molecule has 1 aromatic carbocycles. The monoisotopic (exact) mass is 420 g/mol. The lowest BCUT2D eigenvalue weighted by Gasteiger charge is -2.15. The molecule has 0 amide bonds. The smallest absolute Gasteiger partial charge is 0.159 e. The second-order valence-electron chi connectivity index (χ2n) is 4.74. The van der Waals surface area contributed by atoms with Gasteiger partial charge in [-0.05, 0) is 53.8 Å². The summed E-state index contributed by atoms with van der Waals surface area (Å²) in [6.45, 7) is 3.72. The number of aromatic nitrogens is 1. The third-order valence-corrected chi connectivity index (χ3v) is 4.09. The Morgan fingerprint density at radius 2 is 2.33 bits per heavy atom. The second-order valence-corrected chi connectivity index (χ2v) is 6.31. The fourth-order valence-corrected chi connectivity index (χ4v) is 3.14. The van der Waals surface area contributed by atoms with E-state index >= 15 is 0 Å². The molecule has 0 saturated heterocycles. The van der Waals surface area contributed by atoms with Crippen LogP contribution in [-0.2, 0) is 0 Å². The van der Waals surface area contributed by atoms with Crippen LogP contribution in [0.5, 0.6) is 5.75 Å². The van der Waals surface area contributed by atoms with Gasteiger partial charge in [-0.2, -0.15) is 0 Å². The van der Waals surface area contributed by atoms with E-state index in [1.54, 1.807) is 6.20 Å². The van der Waals surface area contributed by atoms with Crippen LogP contribution in [0.3, 0.4) is 0 Å². The van der Waals surface area contributed by atoms with Gasteiger partial charge in [0.05, 0.1) is 8.59 Å². The molecule has 4 nitrogen and oxygen atoms in total. The summed E-state index contributed by atoms with van der Waals surface area (Å²) in [4.78, 5) is 4.34. The number of hydrogen-bond donors (Lipinski definition) is 2. The maximum Gasteiger partial charge on any atom is 0.159 e. The van der Waals surface area contributed by atoms with Gasteiger partial charge in [0.15, 0.2) is 5.75 Å². The van der Waals surface area contributed by atoms with E-state index in [1.165, 1.54) is 0 Å². The molecule has 1 aromatic heterocycles. The third-order valence-electron chi connectivity index (χ3n) is 2.98. The number of aliphatic hydroxyl groups is 1. The summed E-state index contributed by atoms with van der Waals surface area (Å²) in [7, 11) is 0. The maximum atomic E-state index is 9.92. The number of ether oxygens (including phenoxy) is 1. The number of halogens is 2. The molecule has 2 rings (SSSR count). The zero-order chi connectivity index (χ0) is 15.2. The van der Waals surface area contributed by atoms with E-state index in [9.17, 15) is 5.11 Å². The second kappa shape index (κ2) is 8.12. The zero-order valence-corrected chi connectivity index (χ0v) is 14.7. The molecule has 114 valence electrons. The molecule has 1 unspecified atom stereocenters. The highest BCUT2D eigenvalue weighted by atomic mass is 127. The van der Waals surface area contributed by atoms with Gasteiger partial charge in [0.25, 0.3) is 0 Å². The molecule has 6 heteroatoms. The van der Waals surface area contributed by atoms with E-state index in [-0.39, 0.29) is 6.61 Å². The highest BCUT2D eigenvalue weighted by Crippen LogP contribution is 2.34. The quantitative estimate of drug-likeness (QED) is 0.533. The van der Waals surface area contributed by atoms with Crippen LogP contribution in [0.1, 0.15) is 13.3 Å². The summed E-state index contributed by atoms with van der Waals surface area (Å²) < 4.78 is 6.67. The summed E-state index contributed by atoms with van der Waals surface area (Å²) in [5, 5.41) is 14.6. The topological polar surface area (TPSA) is 54.4 Å². The van der Waals surface area contributed by atoms with Crippen molar-refractivity contribution in [3.63, 3.8) is 0 Å². The molecule has 0 bridgehead atoms. The van der Waals surface area contributed by atoms with Gasteiger partial charge in [0.1, 0.15) is 18.2 Å². The van der Waals surface area contributed by atoms with Gasteiger partial charge in [-0.25, -0.2) is 0 Å². The van der Waals surface area contributed by atoms with Gasteiger partial charge in [-0.15, -0.1) is 0 Å². The van der Waals surface area contributed by atoms with Gasteiger partial charge in [-0.1, -0.05) is 18.5 Å². The van der Waals surface area contributed by atoms with Crippen molar-refractivity contribution in [3.05, 3.63) is 33.0 Å². The number of rotatable bonds is 7. The summed E-state index contributed by atoms with van der Waals surface area (Å²) in [5.41, 5.74) is 0.725. The number of fused-ring (bicyclic) bond motifs is 1. The Hall–Kier alpha value is -0.630. The number of benzene rings is 1. The van der Waals surface area contributed by atoms with Crippen molar-refractivity contribution in [2.75, 3.05) is 19.7 Å². The summed E-state index contributed by atoms with van der Waals surface area (Å²) in [6.07, 6.45) is 2.19. The Balaban J connectivity index is 2.11. The number of nitrogens with one attached hydrogen (secondary N) is 1. The molecule has 2 aromatic rings. The van der Waals surface area contributed by atoms with Crippen LogP contribution in [0.25, 0.3) is 10.9 Å². The maximum absolute atomic E-state index is 9.92. The molecule has 0 saturated carbocycles. The van der Waals surface area contributed by atoms with Gasteiger partial charge in [0, 0.05) is 18.1 Å². The molecule has 0 fully saturated rings. The van der Waals surface area contributed by atoms with Crippen LogP contribution in [0, 0.1) is 3.57 Å². The van der Waals surface area contributed by atoms with E-state index in [1.807, 2.05) is 18.2 Å². The molecule has 2 N–H and O–H groups in total. The first-order valence-corrected chi connectivity index (χ1v) is 8.33. The molecule has 21 heavy (non-hydrogen) atoms. The molecule has 0 aliphatic rings. The van der Waals surface area contributed by atoms with Crippen LogP contribution in [0.2, 0.25) is 5.02 Å². The Morgan fingerprint density at radius 1 is 1.52 bits per heavy atom. The summed E-state index contributed by atoms with van der Waals surface area (Å²) in [6, 6.07) is 5.60. The normalized spacial score (nSPS) is 12.6. The largest absolute Gasteiger partial charge is 0.487 e. The standard InChI is InChI=1S/C15H18ClIN2O2/c1-2-5-18-8-10(20)9-21-15-13(17)7-12(16)11-4-3-6-19-14(11)15/h3-4,6-7,10,18,20H,2,5,8-9H2,1H3. The van der Waals surface area contributed by atoms with E-state index in [0.29, 0.717) is 17.3 Å². The van der Waals surface area contributed by atoms with Crippen molar-refractivity contribution in [1.82, 2.24) is 10.3 Å². The number of pyridine rings is 1. The fraction of sp³-hybridized carbons (Fsp3) is 0.400. The number of aliphatic hydroxyl groups excluding tert-OH is 1. The van der Waals surface area contributed by atoms with Crippen molar-refractivity contribution in [3.8, 4) is 5.75 Å². The lowest BCUT2D eigenvalue weighted by atomic mass is 10.2. The molecule has 0 spiro atoms. The Bertz CT molecular complexity index is 609.